The van der Waals surface area contributed by atoms with Gasteiger partial charge in [0.15, 0.2) is 0 Å². The summed E-state index contributed by atoms with van der Waals surface area (Å²) in [6.07, 6.45) is 0. The number of hydrogen-bond donors (Lipinski definition) is 2. The minimum atomic E-state index is -0.614. The van der Waals surface area contributed by atoms with Gasteiger partial charge in [-0.2, -0.15) is 0 Å². The highest BCUT2D eigenvalue weighted by molar-refractivity contribution is 6.33. The van der Waals surface area contributed by atoms with Gasteiger partial charge in [0.25, 0.3) is 0 Å². The van der Waals surface area contributed by atoms with Crippen LogP contribution >= 0.6 is 11.6 Å². The van der Waals surface area contributed by atoms with Gasteiger partial charge in [-0.05, 0) is 36.4 Å². The summed E-state index contributed by atoms with van der Waals surface area (Å²) in [5, 5.41) is 2.72. The Labute approximate surface area is 126 Å². The Morgan fingerprint density at radius 2 is 1.81 bits per heavy atom. The van der Waals surface area contributed by atoms with Crippen LogP contribution in [0.5, 0.6) is 5.75 Å². The first kappa shape index (κ1) is 14.9. The molecule has 2 rings (SSSR count). The van der Waals surface area contributed by atoms with E-state index in [2.05, 4.69) is 5.16 Å². The third-order valence-electron chi connectivity index (χ3n) is 2.75. The Bertz CT molecular complexity index is 669. The molecule has 21 heavy (non-hydrogen) atoms. The van der Waals surface area contributed by atoms with Gasteiger partial charge in [0.1, 0.15) is 5.75 Å². The molecule has 108 valence electrons. The normalized spacial score (nSPS) is 11.0. The number of nitrogens with two attached hydrogens (primary N) is 1. The molecule has 6 heteroatoms. The maximum atomic E-state index is 11.8. The second-order valence-corrected chi connectivity index (χ2v) is 4.52. The monoisotopic (exact) mass is 305 g/mol. The zero-order chi connectivity index (χ0) is 15.2. The highest BCUT2D eigenvalue weighted by atomic mass is 35.5. The summed E-state index contributed by atoms with van der Waals surface area (Å²) in [7, 11) is 1.58. The van der Waals surface area contributed by atoms with Crippen molar-refractivity contribution in [1.82, 2.24) is 0 Å². The van der Waals surface area contributed by atoms with Crippen LogP contribution in [-0.2, 0) is 4.84 Å². The van der Waals surface area contributed by atoms with E-state index in [9.17, 15) is 4.79 Å². The third-order valence-corrected chi connectivity index (χ3v) is 3.08. The van der Waals surface area contributed by atoms with Crippen LogP contribution in [0, 0.1) is 0 Å². The van der Waals surface area contributed by atoms with Crippen LogP contribution < -0.4 is 15.6 Å². The molecule has 0 heterocycles. The Morgan fingerprint density at radius 1 is 1.14 bits per heavy atom. The van der Waals surface area contributed by atoms with Gasteiger partial charge in [-0.3, -0.25) is 10.6 Å². The summed E-state index contributed by atoms with van der Waals surface area (Å²) < 4.78 is 5.05. The second kappa shape index (κ2) is 6.76. The van der Waals surface area contributed by atoms with Gasteiger partial charge < -0.3 is 4.74 Å². The molecular weight excluding hydrogens is 292 g/mol. The van der Waals surface area contributed by atoms with Gasteiger partial charge in [-0.1, -0.05) is 28.9 Å². The Kier molecular flexibility index (Phi) is 4.79. The van der Waals surface area contributed by atoms with Crippen molar-refractivity contribution in [3.63, 3.8) is 0 Å². The molecule has 0 bridgehead atoms. The van der Waals surface area contributed by atoms with Crippen molar-refractivity contribution in [2.45, 2.75) is 0 Å². The van der Waals surface area contributed by atoms with E-state index in [0.717, 1.165) is 0 Å². The highest BCUT2D eigenvalue weighted by Gasteiger charge is 2.13. The molecule has 5 nitrogen and oxygen atoms in total. The number of nitrogen functional groups attached to an aromatic ring is 1. The summed E-state index contributed by atoms with van der Waals surface area (Å²) in [4.78, 5) is 16.8. The number of ether oxygens (including phenoxy) is 1. The summed E-state index contributed by atoms with van der Waals surface area (Å²) in [6, 6.07) is 13.6. The van der Waals surface area contributed by atoms with Crippen molar-refractivity contribution < 1.29 is 19.5 Å². The summed E-state index contributed by atoms with van der Waals surface area (Å²) in [5.41, 5.74) is 6.73. The molecule has 0 radical (unpaired) electrons. The molecule has 0 aliphatic rings. The minimum Gasteiger partial charge on any atom is -0.497 e. The number of amidine groups is 1. The van der Waals surface area contributed by atoms with Crippen molar-refractivity contribution >= 4 is 23.4 Å². The lowest BCUT2D eigenvalue weighted by molar-refractivity contribution is -0.721. The van der Waals surface area contributed by atoms with Crippen LogP contribution in [0.15, 0.2) is 48.5 Å². The molecule has 0 saturated heterocycles. The van der Waals surface area contributed by atoms with Crippen LogP contribution in [0.2, 0.25) is 5.02 Å². The number of halogens is 1. The van der Waals surface area contributed by atoms with Crippen molar-refractivity contribution in [2.75, 3.05) is 7.11 Å². The molecule has 0 atom stereocenters. The van der Waals surface area contributed by atoms with E-state index >= 15 is 0 Å². The van der Waals surface area contributed by atoms with Crippen molar-refractivity contribution in [2.24, 2.45) is 5.73 Å². The quantitative estimate of drug-likeness (QED) is 0.381. The second-order valence-electron chi connectivity index (χ2n) is 4.11. The van der Waals surface area contributed by atoms with E-state index in [0.29, 0.717) is 16.3 Å². The molecular formula is C15H14ClN2O3+. The summed E-state index contributed by atoms with van der Waals surface area (Å²) in [5.74, 6) is 0.301. The van der Waals surface area contributed by atoms with E-state index in [-0.39, 0.29) is 11.4 Å². The van der Waals surface area contributed by atoms with E-state index in [1.807, 2.05) is 0 Å². The number of nitrogens with one attached hydrogen (secondary N) is 1. The summed E-state index contributed by atoms with van der Waals surface area (Å²) in [6.45, 7) is 0. The molecule has 0 spiro atoms. The van der Waals surface area contributed by atoms with E-state index < -0.39 is 5.97 Å². The molecule has 0 saturated carbocycles. The number of carbonyl (C=O) groups is 1. The Hall–Kier alpha value is -2.53. The van der Waals surface area contributed by atoms with E-state index in [4.69, 9.17) is 26.9 Å². The SMILES string of the molecule is COc1ccc(C(N)=[NH+]OC(=O)c2ccccc2Cl)cc1. The molecule has 2 aromatic carbocycles. The lowest BCUT2D eigenvalue weighted by Crippen LogP contribution is -2.75. The molecule has 0 amide bonds. The number of carbonyl (C=O) groups excluding carboxylic acids is 1. The van der Waals surface area contributed by atoms with E-state index in [1.54, 1.807) is 55.6 Å². The minimum absolute atomic E-state index is 0.207. The molecule has 0 unspecified atom stereocenters. The molecule has 2 aromatic rings. The average molecular weight is 306 g/mol. The standard InChI is InChI=1S/C15H13ClN2O3/c1-20-11-8-6-10(7-9-11)14(17)18-21-15(19)12-4-2-3-5-13(12)16/h2-9H,1H3,(H2,17,18)/p+1. The lowest BCUT2D eigenvalue weighted by Gasteiger charge is -2.01. The summed E-state index contributed by atoms with van der Waals surface area (Å²) >= 11 is 5.90. The Balaban J connectivity index is 2.09. The number of hydrogen-bond acceptors (Lipinski definition) is 3. The molecule has 0 aliphatic carbocycles. The van der Waals surface area contributed by atoms with Crippen molar-refractivity contribution in [3.8, 4) is 5.75 Å². The highest BCUT2D eigenvalue weighted by Crippen LogP contribution is 2.14. The van der Waals surface area contributed by atoms with Gasteiger partial charge >= 0.3 is 11.8 Å². The van der Waals surface area contributed by atoms with E-state index in [1.165, 1.54) is 0 Å². The van der Waals surface area contributed by atoms with Gasteiger partial charge in [-0.25, -0.2) is 4.79 Å². The van der Waals surface area contributed by atoms with Crippen LogP contribution in [0.25, 0.3) is 0 Å². The maximum Gasteiger partial charge on any atom is 0.389 e. The number of benzene rings is 2. The zero-order valence-electron chi connectivity index (χ0n) is 11.3. The zero-order valence-corrected chi connectivity index (χ0v) is 12.1. The number of rotatable bonds is 4. The van der Waals surface area contributed by atoms with Crippen molar-refractivity contribution in [1.29, 1.82) is 0 Å². The van der Waals surface area contributed by atoms with Crippen LogP contribution in [0.4, 0.5) is 0 Å². The first-order valence-electron chi connectivity index (χ1n) is 6.10. The largest absolute Gasteiger partial charge is 0.497 e. The fourth-order valence-corrected chi connectivity index (χ4v) is 1.83. The van der Waals surface area contributed by atoms with Gasteiger partial charge in [0.05, 0.1) is 23.3 Å². The maximum absolute atomic E-state index is 11.8. The average Bonchev–Trinajstić information content (AvgIpc) is 2.52. The molecule has 0 fully saturated rings. The fourth-order valence-electron chi connectivity index (χ4n) is 1.61. The van der Waals surface area contributed by atoms with Crippen molar-refractivity contribution in [3.05, 3.63) is 64.7 Å². The van der Waals surface area contributed by atoms with Crippen LogP contribution in [0.1, 0.15) is 15.9 Å². The predicted molar refractivity (Wildman–Crippen MR) is 79.1 cm³/mol. The fraction of sp³-hybridized carbons (Fsp3) is 0.0667. The lowest BCUT2D eigenvalue weighted by atomic mass is 10.2. The predicted octanol–water partition coefficient (Wildman–Crippen LogP) is 0.907. The van der Waals surface area contributed by atoms with Gasteiger partial charge in [-0.15, -0.1) is 0 Å². The molecule has 3 N–H and O–H groups in total. The smallest absolute Gasteiger partial charge is 0.389 e. The third kappa shape index (κ3) is 3.73. The molecule has 0 aliphatic heterocycles. The number of methoxy groups -OCH3 is 1. The Morgan fingerprint density at radius 3 is 2.43 bits per heavy atom. The van der Waals surface area contributed by atoms with Gasteiger partial charge in [0, 0.05) is 0 Å². The topological polar surface area (TPSA) is 75.5 Å². The first-order valence-corrected chi connectivity index (χ1v) is 6.48. The first-order chi connectivity index (χ1) is 10.1. The molecule has 0 aromatic heterocycles. The van der Waals surface area contributed by atoms with Crippen LogP contribution in [-0.4, -0.2) is 18.9 Å². The van der Waals surface area contributed by atoms with Crippen LogP contribution in [0.3, 0.4) is 0 Å². The van der Waals surface area contributed by atoms with Gasteiger partial charge in [0.2, 0.25) is 0 Å².